The van der Waals surface area contributed by atoms with Gasteiger partial charge >= 0.3 is 0 Å². The van der Waals surface area contributed by atoms with Crippen LogP contribution < -0.4 is 4.31 Å². The molecule has 0 saturated carbocycles. The zero-order chi connectivity index (χ0) is 14.8. The van der Waals surface area contributed by atoms with Crippen LogP contribution in [0.4, 0.5) is 5.69 Å². The standard InChI is InChI=1S/C14H21NO4S/c1-3-15(14-9-12(16)7-6-11(14)2)20(17,18)10-13-5-4-8-19-13/h6-7,9,13,16H,3-5,8,10H2,1-2H3. The summed E-state index contributed by atoms with van der Waals surface area (Å²) >= 11 is 0. The smallest absolute Gasteiger partial charge is 0.237 e. The molecule has 1 aromatic carbocycles. The minimum absolute atomic E-state index is 0.00403. The third-order valence-electron chi connectivity index (χ3n) is 3.50. The second-order valence-corrected chi connectivity index (χ2v) is 6.99. The number of hydrogen-bond acceptors (Lipinski definition) is 4. The molecule has 1 aliphatic rings. The number of anilines is 1. The summed E-state index contributed by atoms with van der Waals surface area (Å²) in [5.41, 5.74) is 1.35. The molecule has 0 bridgehead atoms. The molecule has 0 aliphatic carbocycles. The Kier molecular flexibility index (Phi) is 4.55. The number of sulfonamides is 1. The van der Waals surface area contributed by atoms with E-state index in [-0.39, 0.29) is 17.6 Å². The lowest BCUT2D eigenvalue weighted by Crippen LogP contribution is -2.37. The van der Waals surface area contributed by atoms with Gasteiger partial charge in [-0.3, -0.25) is 4.31 Å². The van der Waals surface area contributed by atoms with Crippen LogP contribution in [0.5, 0.6) is 5.75 Å². The van der Waals surface area contributed by atoms with Crippen LogP contribution >= 0.6 is 0 Å². The predicted octanol–water partition coefficient (Wildman–Crippen LogP) is 2.04. The highest BCUT2D eigenvalue weighted by Crippen LogP contribution is 2.28. The van der Waals surface area contributed by atoms with Gasteiger partial charge < -0.3 is 9.84 Å². The van der Waals surface area contributed by atoms with Crippen LogP contribution in [0, 0.1) is 6.92 Å². The molecular weight excluding hydrogens is 278 g/mol. The van der Waals surface area contributed by atoms with Gasteiger partial charge in [0.05, 0.1) is 17.5 Å². The van der Waals surface area contributed by atoms with E-state index >= 15 is 0 Å². The molecule has 0 aromatic heterocycles. The second-order valence-electron chi connectivity index (χ2n) is 5.05. The lowest BCUT2D eigenvalue weighted by atomic mass is 10.2. The lowest BCUT2D eigenvalue weighted by Gasteiger charge is -2.26. The fourth-order valence-corrected chi connectivity index (χ4v) is 4.29. The van der Waals surface area contributed by atoms with E-state index in [0.29, 0.717) is 18.8 Å². The molecule has 1 heterocycles. The summed E-state index contributed by atoms with van der Waals surface area (Å²) in [6.07, 6.45) is 1.49. The van der Waals surface area contributed by atoms with Crippen LogP contribution in [0.25, 0.3) is 0 Å². The van der Waals surface area contributed by atoms with Gasteiger partial charge in [0.2, 0.25) is 10.0 Å². The molecule has 1 unspecified atom stereocenters. The molecule has 6 heteroatoms. The van der Waals surface area contributed by atoms with E-state index in [0.717, 1.165) is 18.4 Å². The molecule has 1 fully saturated rings. The van der Waals surface area contributed by atoms with Gasteiger partial charge in [-0.1, -0.05) is 6.07 Å². The van der Waals surface area contributed by atoms with Gasteiger partial charge in [-0.05, 0) is 38.3 Å². The summed E-state index contributed by atoms with van der Waals surface area (Å²) < 4.78 is 31.9. The first-order chi connectivity index (χ1) is 9.44. The second kappa shape index (κ2) is 6.01. The van der Waals surface area contributed by atoms with Gasteiger partial charge in [-0.25, -0.2) is 8.42 Å². The molecule has 5 nitrogen and oxygen atoms in total. The normalized spacial score (nSPS) is 19.2. The summed E-state index contributed by atoms with van der Waals surface area (Å²) in [6.45, 7) is 4.59. The minimum atomic E-state index is -3.45. The molecule has 1 aliphatic heterocycles. The zero-order valence-corrected chi connectivity index (χ0v) is 12.7. The maximum Gasteiger partial charge on any atom is 0.237 e. The predicted molar refractivity (Wildman–Crippen MR) is 78.6 cm³/mol. The third kappa shape index (κ3) is 3.24. The highest BCUT2D eigenvalue weighted by molar-refractivity contribution is 7.92. The number of aryl methyl sites for hydroxylation is 1. The fraction of sp³-hybridized carbons (Fsp3) is 0.571. The first-order valence-electron chi connectivity index (χ1n) is 6.85. The maximum absolute atomic E-state index is 12.5. The van der Waals surface area contributed by atoms with Crippen molar-refractivity contribution in [2.24, 2.45) is 0 Å². The zero-order valence-electron chi connectivity index (χ0n) is 11.9. The van der Waals surface area contributed by atoms with Gasteiger partial charge in [0.15, 0.2) is 0 Å². The average Bonchev–Trinajstić information content (AvgIpc) is 2.86. The van der Waals surface area contributed by atoms with E-state index in [1.165, 1.54) is 10.4 Å². The summed E-state index contributed by atoms with van der Waals surface area (Å²) in [6, 6.07) is 4.76. The number of phenolic OH excluding ortho intramolecular Hbond substituents is 1. The van der Waals surface area contributed by atoms with Crippen molar-refractivity contribution in [1.82, 2.24) is 0 Å². The van der Waals surface area contributed by atoms with Gasteiger partial charge in [-0.15, -0.1) is 0 Å². The summed E-state index contributed by atoms with van der Waals surface area (Å²) in [4.78, 5) is 0. The monoisotopic (exact) mass is 299 g/mol. The van der Waals surface area contributed by atoms with E-state index in [1.54, 1.807) is 19.1 Å². The van der Waals surface area contributed by atoms with E-state index in [4.69, 9.17) is 4.74 Å². The molecular formula is C14H21NO4S. The quantitative estimate of drug-likeness (QED) is 0.903. The number of nitrogens with zero attached hydrogens (tertiary/aromatic N) is 1. The molecule has 1 N–H and O–H groups in total. The number of ether oxygens (including phenoxy) is 1. The summed E-state index contributed by atoms with van der Waals surface area (Å²) in [5, 5.41) is 9.59. The molecule has 1 saturated heterocycles. The number of hydrogen-bond donors (Lipinski definition) is 1. The van der Waals surface area contributed by atoms with Gasteiger partial charge in [0, 0.05) is 19.2 Å². The molecule has 112 valence electrons. The Balaban J connectivity index is 2.28. The number of aromatic hydroxyl groups is 1. The van der Waals surface area contributed by atoms with Crippen LogP contribution in [0.2, 0.25) is 0 Å². The third-order valence-corrected chi connectivity index (χ3v) is 5.42. The lowest BCUT2D eigenvalue weighted by molar-refractivity contribution is 0.127. The van der Waals surface area contributed by atoms with Crippen molar-refractivity contribution < 1.29 is 18.3 Å². The van der Waals surface area contributed by atoms with Gasteiger partial charge in [-0.2, -0.15) is 0 Å². The van der Waals surface area contributed by atoms with Gasteiger partial charge in [0.1, 0.15) is 5.75 Å². The first kappa shape index (κ1) is 15.1. The first-order valence-corrected chi connectivity index (χ1v) is 8.46. The molecule has 0 amide bonds. The number of rotatable bonds is 5. The van der Waals surface area contributed by atoms with E-state index < -0.39 is 10.0 Å². The van der Waals surface area contributed by atoms with Crippen molar-refractivity contribution >= 4 is 15.7 Å². The SMILES string of the molecule is CCN(c1cc(O)ccc1C)S(=O)(=O)CC1CCCO1. The van der Waals surface area contributed by atoms with Crippen LogP contribution in [0.1, 0.15) is 25.3 Å². The summed E-state index contributed by atoms with van der Waals surface area (Å²) in [5.74, 6) is 0.0620. The topological polar surface area (TPSA) is 66.8 Å². The molecule has 0 radical (unpaired) electrons. The van der Waals surface area contributed by atoms with Crippen molar-refractivity contribution in [2.75, 3.05) is 23.2 Å². The van der Waals surface area contributed by atoms with Gasteiger partial charge in [0.25, 0.3) is 0 Å². The van der Waals surface area contributed by atoms with Crippen molar-refractivity contribution in [1.29, 1.82) is 0 Å². The van der Waals surface area contributed by atoms with Crippen LogP contribution in [0.3, 0.4) is 0 Å². The Morgan fingerprint density at radius 2 is 2.20 bits per heavy atom. The van der Waals surface area contributed by atoms with Crippen molar-refractivity contribution in [3.63, 3.8) is 0 Å². The van der Waals surface area contributed by atoms with Crippen LogP contribution in [-0.2, 0) is 14.8 Å². The highest BCUT2D eigenvalue weighted by atomic mass is 32.2. The molecule has 1 aromatic rings. The van der Waals surface area contributed by atoms with Crippen molar-refractivity contribution in [3.05, 3.63) is 23.8 Å². The van der Waals surface area contributed by atoms with E-state index in [2.05, 4.69) is 0 Å². The molecule has 20 heavy (non-hydrogen) atoms. The van der Waals surface area contributed by atoms with Crippen molar-refractivity contribution in [2.45, 2.75) is 32.8 Å². The Morgan fingerprint density at radius 3 is 2.80 bits per heavy atom. The minimum Gasteiger partial charge on any atom is -0.508 e. The Morgan fingerprint density at radius 1 is 1.45 bits per heavy atom. The largest absolute Gasteiger partial charge is 0.508 e. The Labute approximate surface area is 120 Å². The van der Waals surface area contributed by atoms with Crippen LogP contribution in [0.15, 0.2) is 18.2 Å². The van der Waals surface area contributed by atoms with Crippen LogP contribution in [-0.4, -0.2) is 38.5 Å². The fourth-order valence-electron chi connectivity index (χ4n) is 2.48. The Hall–Kier alpha value is -1.27. The van der Waals surface area contributed by atoms with Crippen molar-refractivity contribution in [3.8, 4) is 5.75 Å². The van der Waals surface area contributed by atoms with E-state index in [9.17, 15) is 13.5 Å². The van der Waals surface area contributed by atoms with E-state index in [1.807, 2.05) is 6.92 Å². The summed E-state index contributed by atoms with van der Waals surface area (Å²) in [7, 11) is -3.45. The highest BCUT2D eigenvalue weighted by Gasteiger charge is 2.29. The Bertz CT molecular complexity index is 565. The average molecular weight is 299 g/mol. The number of phenols is 1. The number of benzene rings is 1. The molecule has 0 spiro atoms. The maximum atomic E-state index is 12.5. The molecule has 2 rings (SSSR count). The molecule has 1 atom stereocenters.